The van der Waals surface area contributed by atoms with E-state index in [1.54, 1.807) is 0 Å². The lowest BCUT2D eigenvalue weighted by molar-refractivity contribution is -0.155. The summed E-state index contributed by atoms with van der Waals surface area (Å²) in [7, 11) is 0. The first-order valence-corrected chi connectivity index (χ1v) is 5.59. The third kappa shape index (κ3) is 4.08. The Balaban J connectivity index is 2.52. The molecule has 1 atom stereocenters. The number of carbonyl (C=O) groups is 2. The first-order chi connectivity index (χ1) is 8.40. The van der Waals surface area contributed by atoms with Gasteiger partial charge in [-0.25, -0.2) is 4.79 Å². The van der Waals surface area contributed by atoms with Gasteiger partial charge in [0.2, 0.25) is 0 Å². The summed E-state index contributed by atoms with van der Waals surface area (Å²) in [6.45, 7) is 4.98. The SMILES string of the molecule is Cc1ccc(C)c(OCC(=O)O[C@H](C)C(N)=O)c1. The number of hydrogen-bond acceptors (Lipinski definition) is 4. The minimum absolute atomic E-state index is 0.248. The number of nitrogens with two attached hydrogens (primary N) is 1. The maximum absolute atomic E-state index is 11.4. The highest BCUT2D eigenvalue weighted by Gasteiger charge is 2.15. The predicted molar refractivity (Wildman–Crippen MR) is 66.2 cm³/mol. The van der Waals surface area contributed by atoms with Gasteiger partial charge in [-0.2, -0.15) is 0 Å². The molecule has 0 aromatic heterocycles. The van der Waals surface area contributed by atoms with Crippen molar-refractivity contribution in [1.82, 2.24) is 0 Å². The molecule has 1 aromatic carbocycles. The zero-order valence-corrected chi connectivity index (χ0v) is 10.7. The van der Waals surface area contributed by atoms with Crippen LogP contribution >= 0.6 is 0 Å². The molecule has 1 aromatic rings. The summed E-state index contributed by atoms with van der Waals surface area (Å²) in [5, 5.41) is 0. The molecule has 0 aliphatic carbocycles. The summed E-state index contributed by atoms with van der Waals surface area (Å²) in [4.78, 5) is 22.1. The summed E-state index contributed by atoms with van der Waals surface area (Å²) in [5.41, 5.74) is 6.94. The van der Waals surface area contributed by atoms with Crippen molar-refractivity contribution in [3.8, 4) is 5.75 Å². The minimum Gasteiger partial charge on any atom is -0.482 e. The van der Waals surface area contributed by atoms with E-state index < -0.39 is 18.0 Å². The van der Waals surface area contributed by atoms with Gasteiger partial charge < -0.3 is 15.2 Å². The highest BCUT2D eigenvalue weighted by Crippen LogP contribution is 2.18. The third-order valence-electron chi connectivity index (χ3n) is 2.40. The van der Waals surface area contributed by atoms with Crippen molar-refractivity contribution in [2.45, 2.75) is 26.9 Å². The highest BCUT2D eigenvalue weighted by atomic mass is 16.6. The molecule has 0 unspecified atom stereocenters. The molecule has 0 spiro atoms. The summed E-state index contributed by atoms with van der Waals surface area (Å²) in [6.07, 6.45) is -0.945. The standard InChI is InChI=1S/C13H17NO4/c1-8-4-5-9(2)11(6-8)17-7-12(15)18-10(3)13(14)16/h4-6,10H,7H2,1-3H3,(H2,14,16)/t10-/m1/s1. The second kappa shape index (κ2) is 6.05. The molecule has 5 heteroatoms. The number of rotatable bonds is 5. The van der Waals surface area contributed by atoms with Gasteiger partial charge >= 0.3 is 5.97 Å². The van der Waals surface area contributed by atoms with Crippen LogP contribution < -0.4 is 10.5 Å². The predicted octanol–water partition coefficient (Wildman–Crippen LogP) is 1.10. The second-order valence-electron chi connectivity index (χ2n) is 4.09. The Labute approximate surface area is 106 Å². The van der Waals surface area contributed by atoms with Gasteiger partial charge in [-0.3, -0.25) is 4.79 Å². The number of primary amides is 1. The largest absolute Gasteiger partial charge is 0.482 e. The summed E-state index contributed by atoms with van der Waals surface area (Å²) in [5.74, 6) is -0.684. The molecule has 0 aliphatic heterocycles. The van der Waals surface area contributed by atoms with Gasteiger partial charge in [-0.1, -0.05) is 12.1 Å². The van der Waals surface area contributed by atoms with Crippen molar-refractivity contribution in [2.75, 3.05) is 6.61 Å². The van der Waals surface area contributed by atoms with E-state index in [1.165, 1.54) is 6.92 Å². The molecule has 1 rings (SSSR count). The quantitative estimate of drug-likeness (QED) is 0.795. The Bertz CT molecular complexity index is 456. The molecule has 5 nitrogen and oxygen atoms in total. The van der Waals surface area contributed by atoms with E-state index in [4.69, 9.17) is 15.2 Å². The van der Waals surface area contributed by atoms with Crippen LogP contribution in [0.15, 0.2) is 18.2 Å². The summed E-state index contributed by atoms with van der Waals surface area (Å²) in [6, 6.07) is 5.69. The normalized spacial score (nSPS) is 11.7. The maximum atomic E-state index is 11.4. The van der Waals surface area contributed by atoms with Crippen molar-refractivity contribution < 1.29 is 19.1 Å². The van der Waals surface area contributed by atoms with Crippen molar-refractivity contribution in [3.05, 3.63) is 29.3 Å². The number of ether oxygens (including phenoxy) is 2. The fourth-order valence-corrected chi connectivity index (χ4v) is 1.29. The molecular formula is C13H17NO4. The van der Waals surface area contributed by atoms with Crippen molar-refractivity contribution in [3.63, 3.8) is 0 Å². The van der Waals surface area contributed by atoms with Crippen molar-refractivity contribution in [1.29, 1.82) is 0 Å². The molecular weight excluding hydrogens is 234 g/mol. The fraction of sp³-hybridized carbons (Fsp3) is 0.385. The van der Waals surface area contributed by atoms with Gasteiger partial charge in [-0.15, -0.1) is 0 Å². The van der Waals surface area contributed by atoms with Crippen LogP contribution in [0.5, 0.6) is 5.75 Å². The van der Waals surface area contributed by atoms with E-state index in [1.807, 2.05) is 32.0 Å². The van der Waals surface area contributed by atoms with Crippen LogP contribution in [-0.4, -0.2) is 24.6 Å². The van der Waals surface area contributed by atoms with E-state index >= 15 is 0 Å². The van der Waals surface area contributed by atoms with Gasteiger partial charge in [0.25, 0.3) is 5.91 Å². The Morgan fingerprint density at radius 1 is 1.33 bits per heavy atom. The lowest BCUT2D eigenvalue weighted by Crippen LogP contribution is -2.32. The summed E-state index contributed by atoms with van der Waals surface area (Å²) < 4.78 is 10.1. The van der Waals surface area contributed by atoms with Crippen LogP contribution in [0.1, 0.15) is 18.1 Å². The number of carbonyl (C=O) groups excluding carboxylic acids is 2. The topological polar surface area (TPSA) is 78.6 Å². The van der Waals surface area contributed by atoms with E-state index in [2.05, 4.69) is 0 Å². The highest BCUT2D eigenvalue weighted by molar-refractivity contribution is 5.82. The van der Waals surface area contributed by atoms with Crippen LogP contribution in [0.25, 0.3) is 0 Å². The first-order valence-electron chi connectivity index (χ1n) is 5.59. The Morgan fingerprint density at radius 2 is 2.00 bits per heavy atom. The molecule has 0 saturated heterocycles. The molecule has 18 heavy (non-hydrogen) atoms. The molecule has 0 radical (unpaired) electrons. The van der Waals surface area contributed by atoms with Crippen LogP contribution in [-0.2, 0) is 14.3 Å². The van der Waals surface area contributed by atoms with Crippen molar-refractivity contribution >= 4 is 11.9 Å². The smallest absolute Gasteiger partial charge is 0.344 e. The molecule has 0 fully saturated rings. The average Bonchev–Trinajstić information content (AvgIpc) is 2.30. The second-order valence-corrected chi connectivity index (χ2v) is 4.09. The zero-order valence-electron chi connectivity index (χ0n) is 10.7. The van der Waals surface area contributed by atoms with Crippen LogP contribution in [0.2, 0.25) is 0 Å². The van der Waals surface area contributed by atoms with Crippen molar-refractivity contribution in [2.24, 2.45) is 5.73 Å². The van der Waals surface area contributed by atoms with Crippen LogP contribution in [0, 0.1) is 13.8 Å². The molecule has 0 saturated carbocycles. The third-order valence-corrected chi connectivity index (χ3v) is 2.40. The minimum atomic E-state index is -0.945. The van der Waals surface area contributed by atoms with Crippen LogP contribution in [0.4, 0.5) is 0 Å². The number of aryl methyl sites for hydroxylation is 2. The van der Waals surface area contributed by atoms with Gasteiger partial charge in [0.05, 0.1) is 0 Å². The van der Waals surface area contributed by atoms with E-state index in [9.17, 15) is 9.59 Å². The summed E-state index contributed by atoms with van der Waals surface area (Å²) >= 11 is 0. The Morgan fingerprint density at radius 3 is 2.61 bits per heavy atom. The lowest BCUT2D eigenvalue weighted by Gasteiger charge is -2.12. The number of amides is 1. The van der Waals surface area contributed by atoms with Gasteiger partial charge in [0.15, 0.2) is 12.7 Å². The number of esters is 1. The lowest BCUT2D eigenvalue weighted by atomic mass is 10.1. The fourth-order valence-electron chi connectivity index (χ4n) is 1.29. The van der Waals surface area contributed by atoms with E-state index in [0.29, 0.717) is 5.75 Å². The van der Waals surface area contributed by atoms with Crippen LogP contribution in [0.3, 0.4) is 0 Å². The maximum Gasteiger partial charge on any atom is 0.344 e. The molecule has 2 N–H and O–H groups in total. The van der Waals surface area contributed by atoms with Gasteiger partial charge in [0, 0.05) is 0 Å². The average molecular weight is 251 g/mol. The Hall–Kier alpha value is -2.04. The number of benzene rings is 1. The molecule has 98 valence electrons. The van der Waals surface area contributed by atoms with E-state index in [-0.39, 0.29) is 6.61 Å². The molecule has 1 amide bonds. The first kappa shape index (κ1) is 14.0. The molecule has 0 bridgehead atoms. The van der Waals surface area contributed by atoms with Gasteiger partial charge in [0.1, 0.15) is 5.75 Å². The number of hydrogen-bond donors (Lipinski definition) is 1. The molecule has 0 aliphatic rings. The zero-order chi connectivity index (χ0) is 13.7. The van der Waals surface area contributed by atoms with Gasteiger partial charge in [-0.05, 0) is 38.0 Å². The monoisotopic (exact) mass is 251 g/mol. The Kier molecular flexibility index (Phi) is 4.71. The van der Waals surface area contributed by atoms with E-state index in [0.717, 1.165) is 11.1 Å². The molecule has 0 heterocycles.